The lowest BCUT2D eigenvalue weighted by Gasteiger charge is -2.12. The summed E-state index contributed by atoms with van der Waals surface area (Å²) < 4.78 is 5.01. The first-order valence-electron chi connectivity index (χ1n) is 5.28. The molecular formula is C12H18O5. The molecule has 0 aromatic carbocycles. The average Bonchev–Trinajstić information content (AvgIpc) is 2.25. The molecule has 0 bridgehead atoms. The summed E-state index contributed by atoms with van der Waals surface area (Å²) in [6.07, 6.45) is 1.58. The van der Waals surface area contributed by atoms with Crippen molar-refractivity contribution in [3.63, 3.8) is 0 Å². The summed E-state index contributed by atoms with van der Waals surface area (Å²) in [5, 5.41) is 17.2. The molecule has 0 aromatic heterocycles. The second-order valence-electron chi connectivity index (χ2n) is 3.72. The topological polar surface area (TPSA) is 83.8 Å². The van der Waals surface area contributed by atoms with Gasteiger partial charge in [-0.15, -0.1) is 0 Å². The second-order valence-corrected chi connectivity index (χ2v) is 3.72. The molecule has 0 aliphatic heterocycles. The van der Waals surface area contributed by atoms with Crippen molar-refractivity contribution in [3.8, 4) is 0 Å². The van der Waals surface area contributed by atoms with E-state index in [0.717, 1.165) is 0 Å². The molecule has 0 saturated heterocycles. The highest BCUT2D eigenvalue weighted by atomic mass is 16.5. The smallest absolute Gasteiger partial charge is 0.333 e. The Labute approximate surface area is 100 Å². The van der Waals surface area contributed by atoms with Crippen LogP contribution in [0.15, 0.2) is 23.8 Å². The van der Waals surface area contributed by atoms with Gasteiger partial charge in [0, 0.05) is 30.6 Å². The normalized spacial score (nSPS) is 13.0. The molecule has 0 aliphatic carbocycles. The summed E-state index contributed by atoms with van der Waals surface area (Å²) in [5.74, 6) is -1.55. The molecule has 1 unspecified atom stereocenters. The molecule has 17 heavy (non-hydrogen) atoms. The Kier molecular flexibility index (Phi) is 6.89. The van der Waals surface area contributed by atoms with E-state index in [1.165, 1.54) is 13.0 Å². The van der Waals surface area contributed by atoms with Crippen LogP contribution in [-0.4, -0.2) is 34.9 Å². The highest BCUT2D eigenvalue weighted by Gasteiger charge is 2.12. The number of hydrogen-bond acceptors (Lipinski definition) is 4. The van der Waals surface area contributed by atoms with Crippen LogP contribution in [0, 0.1) is 0 Å². The van der Waals surface area contributed by atoms with Gasteiger partial charge in [-0.05, 0) is 13.8 Å². The van der Waals surface area contributed by atoms with Crippen LogP contribution < -0.4 is 0 Å². The van der Waals surface area contributed by atoms with Gasteiger partial charge in [-0.25, -0.2) is 9.59 Å². The van der Waals surface area contributed by atoms with E-state index in [2.05, 4.69) is 6.58 Å². The van der Waals surface area contributed by atoms with Gasteiger partial charge in [0.2, 0.25) is 0 Å². The molecule has 5 nitrogen and oxygen atoms in total. The minimum absolute atomic E-state index is 0.152. The Morgan fingerprint density at radius 3 is 2.53 bits per heavy atom. The Bertz CT molecular complexity index is 330. The van der Waals surface area contributed by atoms with Gasteiger partial charge in [0.25, 0.3) is 0 Å². The summed E-state index contributed by atoms with van der Waals surface area (Å²) in [7, 11) is 0. The molecule has 0 radical (unpaired) electrons. The van der Waals surface area contributed by atoms with Crippen LogP contribution in [0.5, 0.6) is 0 Å². The van der Waals surface area contributed by atoms with Gasteiger partial charge >= 0.3 is 11.9 Å². The Morgan fingerprint density at radius 2 is 2.06 bits per heavy atom. The third-order valence-corrected chi connectivity index (χ3v) is 2.10. The summed E-state index contributed by atoms with van der Waals surface area (Å²) in [6, 6.07) is 0. The molecule has 0 aliphatic rings. The van der Waals surface area contributed by atoms with Gasteiger partial charge in [0.15, 0.2) is 0 Å². The fourth-order valence-corrected chi connectivity index (χ4v) is 0.981. The summed E-state index contributed by atoms with van der Waals surface area (Å²) in [5.41, 5.74) is 0.417. The lowest BCUT2D eigenvalue weighted by atomic mass is 10.2. The van der Waals surface area contributed by atoms with Crippen molar-refractivity contribution < 1.29 is 24.5 Å². The molecule has 0 rings (SSSR count). The number of hydrogen-bond donors (Lipinski definition) is 2. The van der Waals surface area contributed by atoms with E-state index in [-0.39, 0.29) is 24.2 Å². The lowest BCUT2D eigenvalue weighted by molar-refractivity contribution is -0.143. The molecule has 0 aromatic rings. The van der Waals surface area contributed by atoms with Gasteiger partial charge < -0.3 is 14.9 Å². The van der Waals surface area contributed by atoms with Gasteiger partial charge in [0.1, 0.15) is 6.10 Å². The quantitative estimate of drug-likeness (QED) is 0.519. The van der Waals surface area contributed by atoms with Crippen molar-refractivity contribution in [1.29, 1.82) is 0 Å². The minimum Gasteiger partial charge on any atom is -0.478 e. The minimum atomic E-state index is -0.992. The number of aliphatic hydroxyl groups is 1. The monoisotopic (exact) mass is 242 g/mol. The number of carboxylic acid groups (broad SMARTS) is 1. The average molecular weight is 242 g/mol. The van der Waals surface area contributed by atoms with E-state index in [1.807, 2.05) is 0 Å². The number of esters is 1. The second kappa shape index (κ2) is 7.62. The van der Waals surface area contributed by atoms with Gasteiger partial charge in [-0.3, -0.25) is 0 Å². The maximum atomic E-state index is 11.4. The summed E-state index contributed by atoms with van der Waals surface area (Å²) >= 11 is 0. The first-order chi connectivity index (χ1) is 7.88. The maximum absolute atomic E-state index is 11.4. The molecule has 0 spiro atoms. The third kappa shape index (κ3) is 6.52. The molecule has 2 N–H and O–H groups in total. The third-order valence-electron chi connectivity index (χ3n) is 2.10. The maximum Gasteiger partial charge on any atom is 0.333 e. The van der Waals surface area contributed by atoms with Crippen molar-refractivity contribution in [2.45, 2.75) is 32.8 Å². The van der Waals surface area contributed by atoms with Crippen LogP contribution in [-0.2, 0) is 14.3 Å². The summed E-state index contributed by atoms with van der Waals surface area (Å²) in [4.78, 5) is 21.9. The van der Waals surface area contributed by atoms with Crippen molar-refractivity contribution in [2.75, 3.05) is 6.61 Å². The van der Waals surface area contributed by atoms with Crippen LogP contribution in [0.3, 0.4) is 0 Å². The first kappa shape index (κ1) is 15.4. The Balaban J connectivity index is 4.14. The van der Waals surface area contributed by atoms with Gasteiger partial charge in [-0.1, -0.05) is 12.7 Å². The van der Waals surface area contributed by atoms with E-state index >= 15 is 0 Å². The molecule has 0 amide bonds. The zero-order chi connectivity index (χ0) is 13.4. The van der Waals surface area contributed by atoms with E-state index in [0.29, 0.717) is 6.42 Å². The number of ether oxygens (including phenoxy) is 1. The Morgan fingerprint density at radius 1 is 1.47 bits per heavy atom. The van der Waals surface area contributed by atoms with Crippen LogP contribution >= 0.6 is 0 Å². The molecular weight excluding hydrogens is 224 g/mol. The molecule has 0 saturated carbocycles. The van der Waals surface area contributed by atoms with E-state index in [4.69, 9.17) is 14.9 Å². The predicted molar refractivity (Wildman–Crippen MR) is 62.4 cm³/mol. The van der Waals surface area contributed by atoms with Crippen LogP contribution in [0.2, 0.25) is 0 Å². The van der Waals surface area contributed by atoms with Gasteiger partial charge in [0.05, 0.1) is 0 Å². The molecule has 0 heterocycles. The lowest BCUT2D eigenvalue weighted by Crippen LogP contribution is -2.16. The fraction of sp³-hybridized carbons (Fsp3) is 0.500. The van der Waals surface area contributed by atoms with Gasteiger partial charge in [-0.2, -0.15) is 0 Å². The van der Waals surface area contributed by atoms with E-state index in [9.17, 15) is 9.59 Å². The van der Waals surface area contributed by atoms with Crippen LogP contribution in [0.25, 0.3) is 0 Å². The summed E-state index contributed by atoms with van der Waals surface area (Å²) in [6.45, 7) is 6.46. The van der Waals surface area contributed by atoms with Crippen LogP contribution in [0.1, 0.15) is 26.7 Å². The zero-order valence-corrected chi connectivity index (χ0v) is 10.1. The zero-order valence-electron chi connectivity index (χ0n) is 10.1. The predicted octanol–water partition coefficient (Wildman–Crippen LogP) is 1.28. The largest absolute Gasteiger partial charge is 0.478 e. The fourth-order valence-electron chi connectivity index (χ4n) is 0.981. The molecule has 5 heteroatoms. The Hall–Kier alpha value is -1.62. The van der Waals surface area contributed by atoms with E-state index in [1.54, 1.807) is 6.92 Å². The van der Waals surface area contributed by atoms with Crippen LogP contribution in [0.4, 0.5) is 0 Å². The standard InChI is InChI=1S/C12H18O5/c1-8(11(14)15)4-5-10(3)17-12(16)9(2)6-7-13/h4,10,13H,2,5-7H2,1,3H3,(H,14,15). The molecule has 1 atom stereocenters. The number of rotatable bonds is 7. The number of aliphatic carboxylic acids is 1. The van der Waals surface area contributed by atoms with Crippen molar-refractivity contribution in [1.82, 2.24) is 0 Å². The number of aliphatic hydroxyl groups excluding tert-OH is 1. The van der Waals surface area contributed by atoms with Crippen molar-refractivity contribution >= 4 is 11.9 Å². The van der Waals surface area contributed by atoms with E-state index < -0.39 is 18.0 Å². The highest BCUT2D eigenvalue weighted by molar-refractivity contribution is 5.88. The molecule has 96 valence electrons. The number of carbonyl (C=O) groups is 2. The van der Waals surface area contributed by atoms with Crippen molar-refractivity contribution in [3.05, 3.63) is 23.8 Å². The number of carboxylic acids is 1. The SMILES string of the molecule is C=C(CCO)C(=O)OC(C)CC=C(C)C(=O)O. The molecule has 0 fully saturated rings. The number of carbonyl (C=O) groups excluding carboxylic acids is 1. The first-order valence-corrected chi connectivity index (χ1v) is 5.28. The van der Waals surface area contributed by atoms with Crippen molar-refractivity contribution in [2.24, 2.45) is 0 Å². The highest BCUT2D eigenvalue weighted by Crippen LogP contribution is 2.07.